The van der Waals surface area contributed by atoms with Gasteiger partial charge in [0.15, 0.2) is 0 Å². The van der Waals surface area contributed by atoms with Gasteiger partial charge in [-0.05, 0) is 34.4 Å². The van der Waals surface area contributed by atoms with Crippen LogP contribution in [0.2, 0.25) is 10.0 Å². The molecule has 0 N–H and O–H groups in total. The smallest absolute Gasteiger partial charge is 0.0598 e. The van der Waals surface area contributed by atoms with E-state index < -0.39 is 0 Å². The van der Waals surface area contributed by atoms with Crippen LogP contribution in [0.4, 0.5) is 0 Å². The molecule has 0 bridgehead atoms. The zero-order valence-corrected chi connectivity index (χ0v) is 8.73. The Kier molecular flexibility index (Phi) is 1.64. The average Bonchev–Trinajstić information content (AvgIpc) is 2.21. The first-order chi connectivity index (χ1) is 6.77. The van der Waals surface area contributed by atoms with E-state index in [1.54, 1.807) is 0 Å². The van der Waals surface area contributed by atoms with Crippen molar-refractivity contribution in [3.05, 3.63) is 46.4 Å². The first-order valence-corrected chi connectivity index (χ1v) is 5.12. The summed E-state index contributed by atoms with van der Waals surface area (Å²) in [5.74, 6) is 0. The van der Waals surface area contributed by atoms with Crippen molar-refractivity contribution in [2.45, 2.75) is 0 Å². The van der Waals surface area contributed by atoms with E-state index in [1.807, 2.05) is 24.3 Å². The van der Waals surface area contributed by atoms with Crippen molar-refractivity contribution in [2.24, 2.45) is 0 Å². The molecule has 1 aliphatic rings. The van der Waals surface area contributed by atoms with E-state index >= 15 is 0 Å². The molecule has 2 aromatic rings. The van der Waals surface area contributed by atoms with E-state index in [0.717, 1.165) is 0 Å². The summed E-state index contributed by atoms with van der Waals surface area (Å²) in [4.78, 5) is 0. The highest BCUT2D eigenvalue weighted by molar-refractivity contribution is 6.42. The molecule has 68 valence electrons. The lowest BCUT2D eigenvalue weighted by molar-refractivity contribution is 1.52. The second-order valence-electron chi connectivity index (χ2n) is 3.36. The molecular formula is C12H6Cl2. The van der Waals surface area contributed by atoms with Gasteiger partial charge in [-0.2, -0.15) is 0 Å². The molecule has 0 unspecified atom stereocenters. The molecule has 0 spiro atoms. The maximum atomic E-state index is 5.95. The van der Waals surface area contributed by atoms with E-state index in [-0.39, 0.29) is 0 Å². The molecule has 14 heavy (non-hydrogen) atoms. The van der Waals surface area contributed by atoms with Crippen molar-refractivity contribution >= 4 is 23.2 Å². The maximum absolute atomic E-state index is 5.95. The van der Waals surface area contributed by atoms with E-state index in [0.29, 0.717) is 10.0 Å². The standard InChI is InChI=1S/C12H6Cl2/c13-11-5-9-7-3-1-2-4-8(7)10(9)6-12(11)14/h1-6H. The normalized spacial score (nSPS) is 11.6. The van der Waals surface area contributed by atoms with Gasteiger partial charge in [-0.25, -0.2) is 0 Å². The molecule has 2 aromatic carbocycles. The van der Waals surface area contributed by atoms with Gasteiger partial charge >= 0.3 is 0 Å². The van der Waals surface area contributed by atoms with Crippen molar-refractivity contribution in [3.63, 3.8) is 0 Å². The van der Waals surface area contributed by atoms with E-state index in [9.17, 15) is 0 Å². The second-order valence-corrected chi connectivity index (χ2v) is 4.17. The van der Waals surface area contributed by atoms with Crippen molar-refractivity contribution < 1.29 is 0 Å². The van der Waals surface area contributed by atoms with Crippen LogP contribution in [0, 0.1) is 0 Å². The summed E-state index contributed by atoms with van der Waals surface area (Å²) >= 11 is 11.9. The van der Waals surface area contributed by atoms with E-state index in [2.05, 4.69) is 12.1 Å². The van der Waals surface area contributed by atoms with Gasteiger partial charge in [-0.1, -0.05) is 47.5 Å². The number of halogens is 2. The van der Waals surface area contributed by atoms with Gasteiger partial charge in [0.05, 0.1) is 10.0 Å². The molecule has 0 fully saturated rings. The highest BCUT2D eigenvalue weighted by atomic mass is 35.5. The monoisotopic (exact) mass is 220 g/mol. The Bertz CT molecular complexity index is 482. The fraction of sp³-hybridized carbons (Fsp3) is 0. The first kappa shape index (κ1) is 8.34. The zero-order chi connectivity index (χ0) is 9.71. The average molecular weight is 221 g/mol. The van der Waals surface area contributed by atoms with E-state index in [1.165, 1.54) is 22.3 Å². The minimum absolute atomic E-state index is 0.625. The molecule has 2 heteroatoms. The van der Waals surface area contributed by atoms with Gasteiger partial charge in [0.1, 0.15) is 0 Å². The fourth-order valence-corrected chi connectivity index (χ4v) is 2.21. The fourth-order valence-electron chi connectivity index (χ4n) is 1.88. The molecule has 0 saturated carbocycles. The Morgan fingerprint density at radius 1 is 0.643 bits per heavy atom. The molecule has 0 amide bonds. The minimum Gasteiger partial charge on any atom is -0.0827 e. The summed E-state index contributed by atoms with van der Waals surface area (Å²) in [7, 11) is 0. The summed E-state index contributed by atoms with van der Waals surface area (Å²) in [5.41, 5.74) is 4.94. The third kappa shape index (κ3) is 0.956. The van der Waals surface area contributed by atoms with Crippen molar-refractivity contribution in [2.75, 3.05) is 0 Å². The molecule has 0 heterocycles. The van der Waals surface area contributed by atoms with Crippen LogP contribution in [0.5, 0.6) is 0 Å². The van der Waals surface area contributed by atoms with Crippen LogP contribution in [0.3, 0.4) is 0 Å². The molecule has 3 rings (SSSR count). The summed E-state index contributed by atoms with van der Waals surface area (Å²) in [6.07, 6.45) is 0. The van der Waals surface area contributed by atoms with Gasteiger partial charge < -0.3 is 0 Å². The predicted molar refractivity (Wildman–Crippen MR) is 60.9 cm³/mol. The van der Waals surface area contributed by atoms with Crippen molar-refractivity contribution in [1.82, 2.24) is 0 Å². The molecule has 0 aromatic heterocycles. The number of fused-ring (bicyclic) bond motifs is 4. The molecule has 0 atom stereocenters. The maximum Gasteiger partial charge on any atom is 0.0598 e. The number of hydrogen-bond donors (Lipinski definition) is 0. The molecule has 0 aliphatic heterocycles. The molecular weight excluding hydrogens is 215 g/mol. The minimum atomic E-state index is 0.625. The Hall–Kier alpha value is -0.980. The summed E-state index contributed by atoms with van der Waals surface area (Å²) in [5, 5.41) is 1.25. The van der Waals surface area contributed by atoms with E-state index in [4.69, 9.17) is 23.2 Å². The largest absolute Gasteiger partial charge is 0.0827 e. The Labute approximate surface area is 92.1 Å². The molecule has 0 nitrogen and oxygen atoms in total. The summed E-state index contributed by atoms with van der Waals surface area (Å²) < 4.78 is 0. The van der Waals surface area contributed by atoms with Crippen LogP contribution in [0.15, 0.2) is 36.4 Å². The topological polar surface area (TPSA) is 0 Å². The van der Waals surface area contributed by atoms with Crippen molar-refractivity contribution in [3.8, 4) is 22.3 Å². The SMILES string of the molecule is Clc1cc2c(cc1Cl)-c1ccccc1-2. The van der Waals surface area contributed by atoms with Crippen LogP contribution in [-0.4, -0.2) is 0 Å². The lowest BCUT2D eigenvalue weighted by Gasteiger charge is -2.24. The van der Waals surface area contributed by atoms with Crippen LogP contribution in [-0.2, 0) is 0 Å². The van der Waals surface area contributed by atoms with Crippen LogP contribution in [0.1, 0.15) is 0 Å². The Morgan fingerprint density at radius 2 is 1.07 bits per heavy atom. The lowest BCUT2D eigenvalue weighted by Crippen LogP contribution is -1.97. The highest BCUT2D eigenvalue weighted by Crippen LogP contribution is 2.49. The van der Waals surface area contributed by atoms with Gasteiger partial charge in [0, 0.05) is 0 Å². The van der Waals surface area contributed by atoms with Crippen LogP contribution >= 0.6 is 23.2 Å². The number of rotatable bonds is 0. The Morgan fingerprint density at radius 3 is 1.50 bits per heavy atom. The second kappa shape index (κ2) is 2.75. The van der Waals surface area contributed by atoms with Gasteiger partial charge in [-0.3, -0.25) is 0 Å². The van der Waals surface area contributed by atoms with Gasteiger partial charge in [0.2, 0.25) is 0 Å². The predicted octanol–water partition coefficient (Wildman–Crippen LogP) is 4.64. The molecule has 1 aliphatic carbocycles. The van der Waals surface area contributed by atoms with Gasteiger partial charge in [0.25, 0.3) is 0 Å². The highest BCUT2D eigenvalue weighted by Gasteiger charge is 2.22. The first-order valence-electron chi connectivity index (χ1n) is 4.36. The summed E-state index contributed by atoms with van der Waals surface area (Å²) in [6.45, 7) is 0. The number of benzene rings is 2. The third-order valence-corrected chi connectivity index (χ3v) is 3.29. The quantitative estimate of drug-likeness (QED) is 0.518. The van der Waals surface area contributed by atoms with Crippen LogP contribution in [0.25, 0.3) is 22.3 Å². The summed E-state index contributed by atoms with van der Waals surface area (Å²) in [6, 6.07) is 12.1. The number of hydrogen-bond acceptors (Lipinski definition) is 0. The zero-order valence-electron chi connectivity index (χ0n) is 7.22. The molecule has 0 radical (unpaired) electrons. The lowest BCUT2D eigenvalue weighted by atomic mass is 9.81. The van der Waals surface area contributed by atoms with Crippen molar-refractivity contribution in [1.29, 1.82) is 0 Å². The van der Waals surface area contributed by atoms with Crippen LogP contribution < -0.4 is 0 Å². The third-order valence-electron chi connectivity index (χ3n) is 2.57. The molecule has 0 saturated heterocycles. The Balaban J connectivity index is 2.29. The van der Waals surface area contributed by atoms with Gasteiger partial charge in [-0.15, -0.1) is 0 Å².